The Hall–Kier alpha value is -0.760. The van der Waals surface area contributed by atoms with Crippen LogP contribution in [0.5, 0.6) is 0 Å². The molecule has 0 saturated heterocycles. The van der Waals surface area contributed by atoms with Crippen molar-refractivity contribution in [1.29, 1.82) is 0 Å². The molecule has 1 aromatic heterocycles. The van der Waals surface area contributed by atoms with Crippen LogP contribution in [0.3, 0.4) is 0 Å². The SMILES string of the molecule is CCCCCCCC(CCc1ccco1)NCCC. The van der Waals surface area contributed by atoms with E-state index in [9.17, 15) is 0 Å². The smallest absolute Gasteiger partial charge is 0.103 e. The van der Waals surface area contributed by atoms with Gasteiger partial charge in [-0.2, -0.15) is 0 Å². The highest BCUT2D eigenvalue weighted by Crippen LogP contribution is 2.12. The van der Waals surface area contributed by atoms with E-state index in [1.807, 2.05) is 6.07 Å². The number of hydrogen-bond donors (Lipinski definition) is 1. The van der Waals surface area contributed by atoms with E-state index < -0.39 is 0 Å². The van der Waals surface area contributed by atoms with Crippen molar-refractivity contribution in [1.82, 2.24) is 5.32 Å². The van der Waals surface area contributed by atoms with Crippen molar-refractivity contribution in [2.45, 2.75) is 77.7 Å². The van der Waals surface area contributed by atoms with Gasteiger partial charge in [-0.1, -0.05) is 46.0 Å². The van der Waals surface area contributed by atoms with Crippen LogP contribution < -0.4 is 5.32 Å². The van der Waals surface area contributed by atoms with Crippen molar-refractivity contribution in [2.75, 3.05) is 6.54 Å². The summed E-state index contributed by atoms with van der Waals surface area (Å²) < 4.78 is 5.42. The Morgan fingerprint density at radius 3 is 2.58 bits per heavy atom. The van der Waals surface area contributed by atoms with E-state index in [2.05, 4.69) is 25.2 Å². The van der Waals surface area contributed by atoms with E-state index in [0.29, 0.717) is 6.04 Å². The standard InChI is InChI=1S/C17H31NO/c1-3-5-6-7-8-10-16(18-14-4-2)12-13-17-11-9-15-19-17/h9,11,15-16,18H,3-8,10,12-14H2,1-2H3. The van der Waals surface area contributed by atoms with Crippen molar-refractivity contribution in [2.24, 2.45) is 0 Å². The van der Waals surface area contributed by atoms with Crippen LogP contribution in [0.2, 0.25) is 0 Å². The average Bonchev–Trinajstić information content (AvgIpc) is 2.94. The molecule has 1 heterocycles. The van der Waals surface area contributed by atoms with E-state index in [1.165, 1.54) is 51.4 Å². The summed E-state index contributed by atoms with van der Waals surface area (Å²) in [6, 6.07) is 4.72. The highest BCUT2D eigenvalue weighted by molar-refractivity contribution is 4.98. The predicted octanol–water partition coefficient (Wildman–Crippen LogP) is 4.94. The lowest BCUT2D eigenvalue weighted by molar-refractivity contribution is 0.411. The summed E-state index contributed by atoms with van der Waals surface area (Å²) in [5, 5.41) is 3.68. The van der Waals surface area contributed by atoms with E-state index in [1.54, 1.807) is 6.26 Å². The first-order chi connectivity index (χ1) is 9.36. The van der Waals surface area contributed by atoms with Crippen molar-refractivity contribution < 1.29 is 4.42 Å². The Kier molecular flexibility index (Phi) is 9.52. The molecule has 0 bridgehead atoms. The van der Waals surface area contributed by atoms with Crippen LogP contribution in [0.25, 0.3) is 0 Å². The zero-order valence-corrected chi connectivity index (χ0v) is 12.8. The number of hydrogen-bond acceptors (Lipinski definition) is 2. The minimum Gasteiger partial charge on any atom is -0.469 e. The molecule has 1 aromatic rings. The third-order valence-electron chi connectivity index (χ3n) is 3.66. The van der Waals surface area contributed by atoms with Gasteiger partial charge in [-0.05, 0) is 37.9 Å². The second-order valence-electron chi connectivity index (χ2n) is 5.47. The minimum atomic E-state index is 0.659. The van der Waals surface area contributed by atoms with E-state index in [0.717, 1.165) is 18.7 Å². The lowest BCUT2D eigenvalue weighted by atomic mass is 10.0. The van der Waals surface area contributed by atoms with Crippen LogP contribution in [-0.4, -0.2) is 12.6 Å². The first-order valence-electron chi connectivity index (χ1n) is 8.12. The zero-order chi connectivity index (χ0) is 13.8. The second-order valence-corrected chi connectivity index (χ2v) is 5.47. The molecule has 110 valence electrons. The fraction of sp³-hybridized carbons (Fsp3) is 0.765. The highest BCUT2D eigenvalue weighted by Gasteiger charge is 2.08. The lowest BCUT2D eigenvalue weighted by Gasteiger charge is -2.18. The molecule has 0 amide bonds. The fourth-order valence-corrected chi connectivity index (χ4v) is 2.46. The van der Waals surface area contributed by atoms with Gasteiger partial charge in [0.25, 0.3) is 0 Å². The van der Waals surface area contributed by atoms with Gasteiger partial charge in [-0.15, -0.1) is 0 Å². The molecule has 1 atom stereocenters. The summed E-state index contributed by atoms with van der Waals surface area (Å²) >= 11 is 0. The number of furan rings is 1. The van der Waals surface area contributed by atoms with E-state index in [4.69, 9.17) is 4.42 Å². The molecular weight excluding hydrogens is 234 g/mol. The summed E-state index contributed by atoms with van der Waals surface area (Å²) in [5.74, 6) is 1.12. The third-order valence-corrected chi connectivity index (χ3v) is 3.66. The van der Waals surface area contributed by atoms with Crippen LogP contribution in [0.1, 0.15) is 71.0 Å². The van der Waals surface area contributed by atoms with E-state index in [-0.39, 0.29) is 0 Å². The second kappa shape index (κ2) is 11.1. The Labute approximate surface area is 119 Å². The highest BCUT2D eigenvalue weighted by atomic mass is 16.3. The first kappa shape index (κ1) is 16.3. The molecule has 0 aliphatic heterocycles. The van der Waals surface area contributed by atoms with Crippen LogP contribution in [-0.2, 0) is 6.42 Å². The summed E-state index contributed by atoms with van der Waals surface area (Å²) in [6.07, 6.45) is 13.4. The molecule has 0 aliphatic rings. The van der Waals surface area contributed by atoms with Gasteiger partial charge in [-0.25, -0.2) is 0 Å². The van der Waals surface area contributed by atoms with Gasteiger partial charge in [0, 0.05) is 12.5 Å². The van der Waals surface area contributed by atoms with Gasteiger partial charge in [0.1, 0.15) is 5.76 Å². The van der Waals surface area contributed by atoms with Gasteiger partial charge in [0.15, 0.2) is 0 Å². The molecule has 0 radical (unpaired) electrons. The van der Waals surface area contributed by atoms with Crippen molar-refractivity contribution in [3.63, 3.8) is 0 Å². The van der Waals surface area contributed by atoms with Crippen LogP contribution in [0.15, 0.2) is 22.8 Å². The van der Waals surface area contributed by atoms with Crippen LogP contribution in [0.4, 0.5) is 0 Å². The monoisotopic (exact) mass is 265 g/mol. The maximum atomic E-state index is 5.42. The predicted molar refractivity (Wildman–Crippen MR) is 82.5 cm³/mol. The number of nitrogens with one attached hydrogen (secondary N) is 1. The Balaban J connectivity index is 2.18. The van der Waals surface area contributed by atoms with Gasteiger partial charge >= 0.3 is 0 Å². The summed E-state index contributed by atoms with van der Waals surface area (Å²) in [7, 11) is 0. The van der Waals surface area contributed by atoms with Crippen molar-refractivity contribution >= 4 is 0 Å². The van der Waals surface area contributed by atoms with E-state index >= 15 is 0 Å². The third kappa shape index (κ3) is 8.10. The fourth-order valence-electron chi connectivity index (χ4n) is 2.46. The quantitative estimate of drug-likeness (QED) is 0.541. The zero-order valence-electron chi connectivity index (χ0n) is 12.8. The lowest BCUT2D eigenvalue weighted by Crippen LogP contribution is -2.30. The Morgan fingerprint density at radius 2 is 1.89 bits per heavy atom. The Bertz CT molecular complexity index is 281. The molecule has 1 rings (SSSR count). The molecule has 0 aliphatic carbocycles. The van der Waals surface area contributed by atoms with Crippen molar-refractivity contribution in [3.8, 4) is 0 Å². The number of aryl methyl sites for hydroxylation is 1. The molecule has 1 N–H and O–H groups in total. The molecule has 0 aromatic carbocycles. The number of rotatable bonds is 12. The summed E-state index contributed by atoms with van der Waals surface area (Å²) in [6.45, 7) is 5.64. The molecule has 0 spiro atoms. The topological polar surface area (TPSA) is 25.2 Å². The number of unbranched alkanes of at least 4 members (excludes halogenated alkanes) is 4. The van der Waals surface area contributed by atoms with Gasteiger partial charge in [0.05, 0.1) is 6.26 Å². The largest absolute Gasteiger partial charge is 0.469 e. The maximum Gasteiger partial charge on any atom is 0.103 e. The van der Waals surface area contributed by atoms with Crippen LogP contribution >= 0.6 is 0 Å². The molecule has 1 unspecified atom stereocenters. The minimum absolute atomic E-state index is 0.659. The Morgan fingerprint density at radius 1 is 1.05 bits per heavy atom. The maximum absolute atomic E-state index is 5.42. The molecule has 2 heteroatoms. The summed E-state index contributed by atoms with van der Waals surface area (Å²) in [4.78, 5) is 0. The molecular formula is C17H31NO. The average molecular weight is 265 g/mol. The molecule has 0 fully saturated rings. The van der Waals surface area contributed by atoms with Crippen molar-refractivity contribution in [3.05, 3.63) is 24.2 Å². The molecule has 19 heavy (non-hydrogen) atoms. The first-order valence-corrected chi connectivity index (χ1v) is 8.12. The van der Waals surface area contributed by atoms with Gasteiger partial charge in [-0.3, -0.25) is 0 Å². The van der Waals surface area contributed by atoms with Gasteiger partial charge in [0.2, 0.25) is 0 Å². The normalized spacial score (nSPS) is 12.7. The van der Waals surface area contributed by atoms with Gasteiger partial charge < -0.3 is 9.73 Å². The summed E-state index contributed by atoms with van der Waals surface area (Å²) in [5.41, 5.74) is 0. The molecule has 2 nitrogen and oxygen atoms in total. The van der Waals surface area contributed by atoms with Crippen LogP contribution in [0, 0.1) is 0 Å². The molecule has 0 saturated carbocycles.